The van der Waals surface area contributed by atoms with E-state index in [4.69, 9.17) is 18.9 Å². The fraction of sp³-hybridized carbons (Fsp3) is 0.712. The maximum Gasteiger partial charge on any atom is 0.361 e. The van der Waals surface area contributed by atoms with Crippen LogP contribution in [0.4, 0.5) is 0 Å². The topological polar surface area (TPSA) is 108 Å². The van der Waals surface area contributed by atoms with E-state index in [9.17, 15) is 19.5 Å². The largest absolute Gasteiger partial charge is 0.477 e. The summed E-state index contributed by atoms with van der Waals surface area (Å²) < 4.78 is 22.9. The molecule has 430 valence electrons. The predicted molar refractivity (Wildman–Crippen MR) is 318 cm³/mol. The number of likely N-dealkylation sites (N-methyl/N-ethyl adjacent to an activating group) is 1. The Morgan fingerprint density at radius 1 is 0.400 bits per heavy atom. The monoisotopic (exact) mass is 1050 g/mol. The van der Waals surface area contributed by atoms with Gasteiger partial charge in [0, 0.05) is 12.8 Å². The SMILES string of the molecule is CC/C=C\C/C=C\C/C=C\C/C=C\CCCCCCCCCCCCCCCCCCCCC(=O)OC(COC(=O)CCCCCCCC/C=C\C/C=C\C/C=C\C/C=C\CC)COC(OCC[N+](C)(C)C)C(=O)O. The van der Waals surface area contributed by atoms with Crippen LogP contribution in [0.15, 0.2) is 97.2 Å². The van der Waals surface area contributed by atoms with Crippen molar-refractivity contribution in [3.8, 4) is 0 Å². The summed E-state index contributed by atoms with van der Waals surface area (Å²) in [4.78, 5) is 37.5. The highest BCUT2D eigenvalue weighted by Crippen LogP contribution is 2.16. The molecule has 0 aliphatic carbocycles. The third-order valence-corrected chi connectivity index (χ3v) is 12.8. The first-order valence-corrected chi connectivity index (χ1v) is 30.4. The Hall–Kier alpha value is -3.79. The van der Waals surface area contributed by atoms with Gasteiger partial charge in [0.1, 0.15) is 13.2 Å². The summed E-state index contributed by atoms with van der Waals surface area (Å²) in [7, 11) is 5.96. The van der Waals surface area contributed by atoms with E-state index >= 15 is 0 Å². The summed E-state index contributed by atoms with van der Waals surface area (Å²) >= 11 is 0. The average molecular weight is 1050 g/mol. The zero-order valence-corrected chi connectivity index (χ0v) is 48.9. The average Bonchev–Trinajstić information content (AvgIpc) is 3.38. The lowest BCUT2D eigenvalue weighted by Crippen LogP contribution is -2.40. The summed E-state index contributed by atoms with van der Waals surface area (Å²) in [5.74, 6) is -2.02. The van der Waals surface area contributed by atoms with Gasteiger partial charge in [-0.05, 0) is 89.9 Å². The number of carbonyl (C=O) groups is 3. The molecule has 75 heavy (non-hydrogen) atoms. The van der Waals surface area contributed by atoms with Crippen LogP contribution in [0.3, 0.4) is 0 Å². The predicted octanol–water partition coefficient (Wildman–Crippen LogP) is 18.1. The van der Waals surface area contributed by atoms with Gasteiger partial charge in [-0.25, -0.2) is 4.79 Å². The van der Waals surface area contributed by atoms with E-state index in [-0.39, 0.29) is 38.6 Å². The van der Waals surface area contributed by atoms with Gasteiger partial charge in [0.15, 0.2) is 6.10 Å². The van der Waals surface area contributed by atoms with Gasteiger partial charge in [0.05, 0.1) is 34.4 Å². The fourth-order valence-corrected chi connectivity index (χ4v) is 8.23. The molecular weight excluding hydrogens is 935 g/mol. The fourth-order valence-electron chi connectivity index (χ4n) is 8.23. The quantitative estimate of drug-likeness (QED) is 0.0211. The second-order valence-corrected chi connectivity index (χ2v) is 21.2. The molecule has 0 radical (unpaired) electrons. The molecule has 0 saturated heterocycles. The minimum atomic E-state index is -1.52. The first-order chi connectivity index (χ1) is 36.6. The molecule has 0 saturated carbocycles. The number of allylic oxidation sites excluding steroid dienone is 16. The molecule has 0 bridgehead atoms. The van der Waals surface area contributed by atoms with Crippen molar-refractivity contribution in [1.29, 1.82) is 0 Å². The molecule has 0 spiro atoms. The number of nitrogens with zero attached hydrogens (tertiary/aromatic N) is 1. The third-order valence-electron chi connectivity index (χ3n) is 12.8. The zero-order valence-electron chi connectivity index (χ0n) is 48.9. The minimum absolute atomic E-state index is 0.182. The number of hydrogen-bond acceptors (Lipinski definition) is 7. The molecular formula is C66H114NO8+. The van der Waals surface area contributed by atoms with Crippen LogP contribution in [0.1, 0.15) is 245 Å². The van der Waals surface area contributed by atoms with E-state index in [0.717, 1.165) is 103 Å². The van der Waals surface area contributed by atoms with E-state index < -0.39 is 24.3 Å². The van der Waals surface area contributed by atoms with Crippen LogP contribution in [0.25, 0.3) is 0 Å². The van der Waals surface area contributed by atoms with Crippen LogP contribution >= 0.6 is 0 Å². The Bertz CT molecular complexity index is 1550. The number of carboxylic acid groups (broad SMARTS) is 1. The van der Waals surface area contributed by atoms with Gasteiger partial charge in [0.25, 0.3) is 6.29 Å². The summed E-state index contributed by atoms with van der Waals surface area (Å²) in [6.45, 7) is 4.64. The maximum absolute atomic E-state index is 12.9. The van der Waals surface area contributed by atoms with Crippen molar-refractivity contribution >= 4 is 17.9 Å². The minimum Gasteiger partial charge on any atom is -0.477 e. The maximum atomic E-state index is 12.9. The van der Waals surface area contributed by atoms with Crippen LogP contribution in [0.5, 0.6) is 0 Å². The number of aliphatic carboxylic acids is 1. The number of rotatable bonds is 55. The smallest absolute Gasteiger partial charge is 0.361 e. The van der Waals surface area contributed by atoms with Crippen molar-refractivity contribution in [2.45, 2.75) is 257 Å². The lowest BCUT2D eigenvalue weighted by atomic mass is 10.0. The van der Waals surface area contributed by atoms with Crippen molar-refractivity contribution in [2.75, 3.05) is 47.5 Å². The number of unbranched alkanes of at least 4 members (excludes halogenated alkanes) is 24. The zero-order chi connectivity index (χ0) is 54.8. The second kappa shape index (κ2) is 56.4. The standard InChI is InChI=1S/C66H113NO8/c1-6-8-10-12-14-16-18-20-22-24-26-27-28-29-30-31-32-33-34-35-36-37-39-41-43-45-47-49-51-53-55-57-64(69)75-62(61-74-66(65(70)71)72-59-58-67(3,4)5)60-73-63(68)56-54-52-50-48-46-44-42-40-38-25-23-21-19-17-15-13-11-9-7-2/h8-11,14-17,20-23,26-27,38,40,62,66H,6-7,12-13,18-19,24-25,28-37,39,41-61H2,1-5H3/p+1/b10-8-,11-9-,16-14-,17-15-,22-20-,23-21-,27-26-,40-38-. The summed E-state index contributed by atoms with van der Waals surface area (Å²) in [6.07, 6.45) is 73.5. The van der Waals surface area contributed by atoms with Crippen LogP contribution in [-0.2, 0) is 33.3 Å². The lowest BCUT2D eigenvalue weighted by Gasteiger charge is -2.25. The van der Waals surface area contributed by atoms with E-state index in [2.05, 4.69) is 111 Å². The van der Waals surface area contributed by atoms with Crippen molar-refractivity contribution in [2.24, 2.45) is 0 Å². The number of hydrogen-bond donors (Lipinski definition) is 1. The Morgan fingerprint density at radius 2 is 0.720 bits per heavy atom. The molecule has 9 heteroatoms. The molecule has 2 atom stereocenters. The van der Waals surface area contributed by atoms with Gasteiger partial charge in [-0.15, -0.1) is 0 Å². The van der Waals surface area contributed by atoms with Crippen molar-refractivity contribution in [1.82, 2.24) is 0 Å². The summed E-state index contributed by atoms with van der Waals surface area (Å²) in [5.41, 5.74) is 0. The molecule has 0 heterocycles. The Kier molecular flexibility index (Phi) is 53.6. The number of ether oxygens (including phenoxy) is 4. The highest BCUT2D eigenvalue weighted by atomic mass is 16.7. The van der Waals surface area contributed by atoms with Gasteiger partial charge in [-0.1, -0.05) is 239 Å². The summed E-state index contributed by atoms with van der Waals surface area (Å²) in [5, 5.41) is 9.71. The van der Waals surface area contributed by atoms with Crippen LogP contribution in [0, 0.1) is 0 Å². The molecule has 0 fully saturated rings. The molecule has 0 aromatic rings. The number of quaternary nitrogens is 1. The highest BCUT2D eigenvalue weighted by Gasteiger charge is 2.25. The van der Waals surface area contributed by atoms with Gasteiger partial charge < -0.3 is 28.5 Å². The normalized spacial score (nSPS) is 13.5. The number of carboxylic acids is 1. The van der Waals surface area contributed by atoms with E-state index in [1.54, 1.807) is 0 Å². The van der Waals surface area contributed by atoms with Crippen LogP contribution in [0.2, 0.25) is 0 Å². The molecule has 0 aliphatic heterocycles. The second-order valence-electron chi connectivity index (χ2n) is 21.2. The first-order valence-electron chi connectivity index (χ1n) is 30.4. The Morgan fingerprint density at radius 3 is 1.07 bits per heavy atom. The van der Waals surface area contributed by atoms with Gasteiger partial charge in [-0.3, -0.25) is 9.59 Å². The van der Waals surface area contributed by atoms with E-state index in [1.165, 1.54) is 116 Å². The Labute approximate surface area is 461 Å². The molecule has 0 aromatic carbocycles. The molecule has 9 nitrogen and oxygen atoms in total. The molecule has 0 aromatic heterocycles. The molecule has 0 aliphatic rings. The van der Waals surface area contributed by atoms with Crippen molar-refractivity contribution < 1.29 is 42.9 Å². The molecule has 0 rings (SSSR count). The number of carbonyl (C=O) groups excluding carboxylic acids is 2. The van der Waals surface area contributed by atoms with Crippen LogP contribution in [-0.4, -0.2) is 87.4 Å². The van der Waals surface area contributed by atoms with E-state index in [1.807, 2.05) is 21.1 Å². The third kappa shape index (κ3) is 57.7. The first kappa shape index (κ1) is 71.2. The highest BCUT2D eigenvalue weighted by molar-refractivity contribution is 5.71. The lowest BCUT2D eigenvalue weighted by molar-refractivity contribution is -0.870. The molecule has 2 unspecified atom stereocenters. The number of esters is 2. The van der Waals surface area contributed by atoms with Crippen LogP contribution < -0.4 is 0 Å². The van der Waals surface area contributed by atoms with Gasteiger partial charge in [0.2, 0.25) is 0 Å². The van der Waals surface area contributed by atoms with Gasteiger partial charge in [-0.2, -0.15) is 0 Å². The van der Waals surface area contributed by atoms with Crippen molar-refractivity contribution in [3.05, 3.63) is 97.2 Å². The molecule has 0 amide bonds. The van der Waals surface area contributed by atoms with E-state index in [0.29, 0.717) is 11.0 Å². The molecule has 1 N–H and O–H groups in total. The summed E-state index contributed by atoms with van der Waals surface area (Å²) in [6, 6.07) is 0. The van der Waals surface area contributed by atoms with Crippen molar-refractivity contribution in [3.63, 3.8) is 0 Å². The van der Waals surface area contributed by atoms with Gasteiger partial charge >= 0.3 is 17.9 Å². The Balaban J connectivity index is 4.17.